The number of nitriles is 1. The fourth-order valence-electron chi connectivity index (χ4n) is 3.64. The van der Waals surface area contributed by atoms with Crippen LogP contribution in [0.2, 0.25) is 0 Å². The van der Waals surface area contributed by atoms with Crippen LogP contribution in [0.3, 0.4) is 0 Å². The molecule has 1 N–H and O–H groups in total. The van der Waals surface area contributed by atoms with E-state index in [0.717, 1.165) is 17.7 Å². The number of benzene rings is 2. The lowest BCUT2D eigenvalue weighted by Crippen LogP contribution is -2.42. The average molecular weight is 439 g/mol. The number of hydrogen-bond donors (Lipinski definition) is 1. The monoisotopic (exact) mass is 439 g/mol. The molecule has 3 atom stereocenters. The first kappa shape index (κ1) is 21.2. The highest BCUT2D eigenvalue weighted by atomic mass is 32.2. The van der Waals surface area contributed by atoms with E-state index in [-0.39, 0.29) is 18.2 Å². The zero-order chi connectivity index (χ0) is 22.0. The second kappa shape index (κ2) is 8.57. The Morgan fingerprint density at radius 1 is 1.29 bits per heavy atom. The van der Waals surface area contributed by atoms with E-state index >= 15 is 0 Å². The molecule has 2 aromatic carbocycles. The Kier molecular flexibility index (Phi) is 5.85. The first-order valence-corrected chi connectivity index (χ1v) is 10.6. The van der Waals surface area contributed by atoms with E-state index in [1.54, 1.807) is 19.1 Å². The first-order valence-electron chi connectivity index (χ1n) is 9.61. The minimum Gasteiger partial charge on any atom is -0.382 e. The summed E-state index contributed by atoms with van der Waals surface area (Å²) in [6.45, 7) is 1.70. The predicted molar refractivity (Wildman–Crippen MR) is 113 cm³/mol. The van der Waals surface area contributed by atoms with Crippen LogP contribution in [0.15, 0.2) is 60.1 Å². The van der Waals surface area contributed by atoms with Gasteiger partial charge in [-0.3, -0.25) is 4.99 Å². The van der Waals surface area contributed by atoms with Crippen LogP contribution in [0.5, 0.6) is 0 Å². The molecule has 0 amide bonds. The van der Waals surface area contributed by atoms with E-state index in [0.29, 0.717) is 16.4 Å². The zero-order valence-corrected chi connectivity index (χ0v) is 17.4. The van der Waals surface area contributed by atoms with Gasteiger partial charge in [-0.25, -0.2) is 18.4 Å². The van der Waals surface area contributed by atoms with E-state index in [1.165, 1.54) is 35.2 Å². The van der Waals surface area contributed by atoms with Crippen molar-refractivity contribution in [3.63, 3.8) is 0 Å². The summed E-state index contributed by atoms with van der Waals surface area (Å²) in [4.78, 5) is 8.66. The molecule has 31 heavy (non-hydrogen) atoms. The van der Waals surface area contributed by atoms with Gasteiger partial charge in [0.2, 0.25) is 0 Å². The second-order valence-electron chi connectivity index (χ2n) is 7.39. The molecule has 1 unspecified atom stereocenters. The maximum absolute atomic E-state index is 14.7. The van der Waals surface area contributed by atoms with Crippen molar-refractivity contribution in [1.82, 2.24) is 14.8 Å². The van der Waals surface area contributed by atoms with Gasteiger partial charge in [0.15, 0.2) is 0 Å². The molecule has 0 fully saturated rings. The third-order valence-electron chi connectivity index (χ3n) is 5.45. The molecule has 0 aliphatic carbocycles. The molecule has 1 aromatic heterocycles. The summed E-state index contributed by atoms with van der Waals surface area (Å²) in [6, 6.07) is 12.3. The quantitative estimate of drug-likeness (QED) is 0.631. The minimum absolute atomic E-state index is 0.0259. The van der Waals surface area contributed by atoms with Gasteiger partial charge in [0.05, 0.1) is 29.3 Å². The van der Waals surface area contributed by atoms with Gasteiger partial charge in [0.25, 0.3) is 0 Å². The molecule has 4 rings (SSSR count). The van der Waals surface area contributed by atoms with Crippen LogP contribution in [0, 0.1) is 28.9 Å². The second-order valence-corrected chi connectivity index (χ2v) is 8.43. The van der Waals surface area contributed by atoms with E-state index < -0.39 is 23.2 Å². The minimum atomic E-state index is -1.73. The Morgan fingerprint density at radius 2 is 2.06 bits per heavy atom. The third kappa shape index (κ3) is 4.22. The fourth-order valence-corrected chi connectivity index (χ4v) is 4.88. The van der Waals surface area contributed by atoms with Crippen LogP contribution in [-0.2, 0) is 12.1 Å². The van der Waals surface area contributed by atoms with Gasteiger partial charge >= 0.3 is 0 Å². The van der Waals surface area contributed by atoms with E-state index in [2.05, 4.69) is 16.2 Å². The highest BCUT2D eigenvalue weighted by Gasteiger charge is 2.43. The SMILES string of the molecule is C[C@@H](C1=NC(c2ccc(C#N)cc2)CS1)[C@](O)(Cn1cncn1)c1ccc(F)cc1F. The molecule has 2 heterocycles. The number of rotatable bonds is 6. The summed E-state index contributed by atoms with van der Waals surface area (Å²) < 4.78 is 29.6. The lowest BCUT2D eigenvalue weighted by molar-refractivity contribution is -0.0148. The number of hydrogen-bond acceptors (Lipinski definition) is 6. The Morgan fingerprint density at radius 3 is 2.71 bits per heavy atom. The summed E-state index contributed by atoms with van der Waals surface area (Å²) >= 11 is 1.49. The van der Waals surface area contributed by atoms with Crippen LogP contribution in [0.1, 0.15) is 29.7 Å². The van der Waals surface area contributed by atoms with Crippen molar-refractivity contribution in [3.8, 4) is 6.07 Å². The molecule has 1 aliphatic rings. The maximum Gasteiger partial charge on any atom is 0.137 e. The van der Waals surface area contributed by atoms with Gasteiger partial charge in [0.1, 0.15) is 29.9 Å². The summed E-state index contributed by atoms with van der Waals surface area (Å²) in [6.07, 6.45) is 2.76. The zero-order valence-electron chi connectivity index (χ0n) is 16.6. The van der Waals surface area contributed by atoms with Gasteiger partial charge in [-0.1, -0.05) is 25.1 Å². The summed E-state index contributed by atoms with van der Waals surface area (Å²) in [7, 11) is 0. The van der Waals surface area contributed by atoms with E-state index in [1.807, 2.05) is 12.1 Å². The standard InChI is InChI=1S/C22H19F2N5OS/c1-14(21-28-20(10-31-21)16-4-2-15(9-25)3-5-16)22(30,11-29-13-26-12-27-29)18-7-6-17(23)8-19(18)24/h2-8,12-14,20,30H,10-11H2,1H3/t14-,20?,22+/m0/s1. The van der Waals surface area contributed by atoms with Crippen LogP contribution < -0.4 is 0 Å². The predicted octanol–water partition coefficient (Wildman–Crippen LogP) is 3.84. The van der Waals surface area contributed by atoms with Gasteiger partial charge in [-0.2, -0.15) is 10.4 Å². The molecule has 0 radical (unpaired) electrons. The Hall–Kier alpha value is -3.09. The van der Waals surface area contributed by atoms with Gasteiger partial charge in [-0.05, 0) is 23.8 Å². The lowest BCUT2D eigenvalue weighted by atomic mass is 9.82. The fraction of sp³-hybridized carbons (Fsp3) is 0.273. The smallest absolute Gasteiger partial charge is 0.137 e. The number of thioether (sulfide) groups is 1. The highest BCUT2D eigenvalue weighted by Crippen LogP contribution is 2.41. The lowest BCUT2D eigenvalue weighted by Gasteiger charge is -2.34. The molecular formula is C22H19F2N5OS. The molecule has 6 nitrogen and oxygen atoms in total. The molecule has 0 spiro atoms. The number of aliphatic imine (C=N–C) groups is 1. The molecule has 0 bridgehead atoms. The van der Waals surface area contributed by atoms with Crippen molar-refractivity contribution in [2.45, 2.75) is 25.1 Å². The van der Waals surface area contributed by atoms with Crippen molar-refractivity contribution in [3.05, 3.63) is 83.4 Å². The number of aromatic nitrogens is 3. The largest absolute Gasteiger partial charge is 0.382 e. The molecule has 9 heteroatoms. The summed E-state index contributed by atoms with van der Waals surface area (Å²) in [5.74, 6) is -1.48. The first-order chi connectivity index (χ1) is 14.9. The van der Waals surface area contributed by atoms with Crippen molar-refractivity contribution >= 4 is 16.8 Å². The molecular weight excluding hydrogens is 420 g/mol. The van der Waals surface area contributed by atoms with Crippen molar-refractivity contribution in [2.75, 3.05) is 5.75 Å². The molecule has 0 saturated carbocycles. The van der Waals surface area contributed by atoms with Crippen molar-refractivity contribution in [1.29, 1.82) is 5.26 Å². The van der Waals surface area contributed by atoms with Crippen LogP contribution in [0.25, 0.3) is 0 Å². The van der Waals surface area contributed by atoms with Crippen molar-refractivity contribution in [2.24, 2.45) is 10.9 Å². The molecule has 0 saturated heterocycles. The molecule has 158 valence electrons. The Bertz CT molecular complexity index is 1140. The van der Waals surface area contributed by atoms with Crippen LogP contribution in [0.4, 0.5) is 8.78 Å². The number of aliphatic hydroxyl groups is 1. The van der Waals surface area contributed by atoms with Gasteiger partial charge in [0, 0.05) is 23.3 Å². The van der Waals surface area contributed by atoms with E-state index in [9.17, 15) is 13.9 Å². The molecule has 3 aromatic rings. The Labute approximate surface area is 182 Å². The maximum atomic E-state index is 14.7. The molecule has 1 aliphatic heterocycles. The third-order valence-corrected chi connectivity index (χ3v) is 6.69. The average Bonchev–Trinajstić information content (AvgIpc) is 3.45. The number of halogens is 2. The summed E-state index contributed by atoms with van der Waals surface area (Å²) in [5.41, 5.74) is -0.221. The van der Waals surface area contributed by atoms with E-state index in [4.69, 9.17) is 10.3 Å². The summed E-state index contributed by atoms with van der Waals surface area (Å²) in [5, 5.41) is 25.4. The normalized spacial score (nSPS) is 18.8. The number of nitrogens with zero attached hydrogens (tertiary/aromatic N) is 5. The van der Waals surface area contributed by atoms with Crippen LogP contribution in [-0.4, -0.2) is 30.7 Å². The van der Waals surface area contributed by atoms with Crippen LogP contribution >= 0.6 is 11.8 Å². The van der Waals surface area contributed by atoms with Crippen molar-refractivity contribution < 1.29 is 13.9 Å². The Balaban J connectivity index is 1.68. The van der Waals surface area contributed by atoms with Gasteiger partial charge in [-0.15, -0.1) is 11.8 Å². The van der Waals surface area contributed by atoms with Gasteiger partial charge < -0.3 is 5.11 Å². The topological polar surface area (TPSA) is 87.1 Å². The highest BCUT2D eigenvalue weighted by molar-refractivity contribution is 8.14.